The van der Waals surface area contributed by atoms with Crippen molar-refractivity contribution in [2.45, 2.75) is 25.9 Å². The molecule has 2 rings (SSSR count). The lowest BCUT2D eigenvalue weighted by Gasteiger charge is -2.27. The Labute approximate surface area is 145 Å². The van der Waals surface area contributed by atoms with Crippen LogP contribution in [0.25, 0.3) is 0 Å². The van der Waals surface area contributed by atoms with Gasteiger partial charge in [0.25, 0.3) is 0 Å². The van der Waals surface area contributed by atoms with Gasteiger partial charge in [0.2, 0.25) is 11.8 Å². The van der Waals surface area contributed by atoms with E-state index < -0.39 is 12.7 Å². The molecule has 0 radical (unpaired) electrons. The van der Waals surface area contributed by atoms with E-state index in [0.29, 0.717) is 39.4 Å². The zero-order valence-electron chi connectivity index (χ0n) is 14.6. The van der Waals surface area contributed by atoms with Gasteiger partial charge in [-0.1, -0.05) is 6.92 Å². The van der Waals surface area contributed by atoms with E-state index in [1.807, 2.05) is 6.92 Å². The van der Waals surface area contributed by atoms with Crippen LogP contribution in [0.4, 0.5) is 13.2 Å². The summed E-state index contributed by atoms with van der Waals surface area (Å²) in [6.45, 7) is 4.22. The van der Waals surface area contributed by atoms with Crippen LogP contribution in [-0.2, 0) is 14.3 Å². The summed E-state index contributed by atoms with van der Waals surface area (Å²) >= 11 is 0. The molecule has 1 atom stereocenters. The van der Waals surface area contributed by atoms with Gasteiger partial charge in [-0.15, -0.1) is 0 Å². The number of carbonyl (C=O) groups excluding carboxylic acids is 2. The van der Waals surface area contributed by atoms with Gasteiger partial charge in [0.1, 0.15) is 0 Å². The maximum absolute atomic E-state index is 12.6. The number of morpholine rings is 1. The van der Waals surface area contributed by atoms with E-state index in [9.17, 15) is 22.8 Å². The Balaban J connectivity index is 1.79. The van der Waals surface area contributed by atoms with Crippen LogP contribution in [0.1, 0.15) is 19.8 Å². The molecule has 144 valence electrons. The minimum absolute atomic E-state index is 0.0382. The standard InChI is InChI=1S/C16H26F3N3O3/c1-13-10-20(12-16(17,18)19)4-5-22(11-13)15(24)3-2-14(23)21-6-8-25-9-7-21/h13H,2-12H2,1H3. The van der Waals surface area contributed by atoms with Crippen molar-refractivity contribution in [2.75, 3.05) is 59.0 Å². The predicted octanol–water partition coefficient (Wildman–Crippen LogP) is 0.968. The second-order valence-electron chi connectivity index (χ2n) is 6.79. The monoisotopic (exact) mass is 365 g/mol. The van der Waals surface area contributed by atoms with E-state index in [1.54, 1.807) is 9.80 Å². The molecule has 0 aromatic rings. The van der Waals surface area contributed by atoms with Crippen molar-refractivity contribution in [3.05, 3.63) is 0 Å². The molecule has 0 spiro atoms. The summed E-state index contributed by atoms with van der Waals surface area (Å²) in [6.07, 6.45) is -4.00. The summed E-state index contributed by atoms with van der Waals surface area (Å²) in [5, 5.41) is 0. The molecule has 0 aromatic carbocycles. The molecule has 0 bridgehead atoms. The van der Waals surface area contributed by atoms with Crippen molar-refractivity contribution in [2.24, 2.45) is 5.92 Å². The topological polar surface area (TPSA) is 53.1 Å². The summed E-state index contributed by atoms with van der Waals surface area (Å²) in [7, 11) is 0. The smallest absolute Gasteiger partial charge is 0.378 e. The summed E-state index contributed by atoms with van der Waals surface area (Å²) in [5.41, 5.74) is 0. The Morgan fingerprint density at radius 1 is 0.960 bits per heavy atom. The summed E-state index contributed by atoms with van der Waals surface area (Å²) in [5.74, 6) is -0.274. The average molecular weight is 365 g/mol. The van der Waals surface area contributed by atoms with Gasteiger partial charge in [0.15, 0.2) is 0 Å². The highest BCUT2D eigenvalue weighted by atomic mass is 19.4. The van der Waals surface area contributed by atoms with Crippen LogP contribution >= 0.6 is 0 Å². The fraction of sp³-hybridized carbons (Fsp3) is 0.875. The normalized spacial score (nSPS) is 23.4. The Morgan fingerprint density at radius 2 is 1.56 bits per heavy atom. The number of hydrogen-bond donors (Lipinski definition) is 0. The van der Waals surface area contributed by atoms with E-state index in [2.05, 4.69) is 0 Å². The number of nitrogens with zero attached hydrogens (tertiary/aromatic N) is 3. The highest BCUT2D eigenvalue weighted by molar-refractivity contribution is 5.84. The molecule has 2 aliphatic heterocycles. The molecule has 0 aliphatic carbocycles. The van der Waals surface area contributed by atoms with Crippen molar-refractivity contribution < 1.29 is 27.5 Å². The first-order valence-electron chi connectivity index (χ1n) is 8.67. The number of amides is 2. The van der Waals surface area contributed by atoms with Gasteiger partial charge in [-0.2, -0.15) is 13.2 Å². The largest absolute Gasteiger partial charge is 0.401 e. The first-order chi connectivity index (χ1) is 11.7. The van der Waals surface area contributed by atoms with Crippen molar-refractivity contribution in [1.82, 2.24) is 14.7 Å². The molecule has 2 heterocycles. The Morgan fingerprint density at radius 3 is 2.16 bits per heavy atom. The summed E-state index contributed by atoms with van der Waals surface area (Å²) < 4.78 is 42.9. The third-order valence-corrected chi connectivity index (χ3v) is 4.46. The number of halogens is 3. The highest BCUT2D eigenvalue weighted by Gasteiger charge is 2.33. The first kappa shape index (κ1) is 20.0. The van der Waals surface area contributed by atoms with Crippen LogP contribution in [0.15, 0.2) is 0 Å². The average Bonchev–Trinajstić information content (AvgIpc) is 2.72. The fourth-order valence-corrected chi connectivity index (χ4v) is 3.29. The van der Waals surface area contributed by atoms with Gasteiger partial charge in [0, 0.05) is 52.1 Å². The van der Waals surface area contributed by atoms with Crippen LogP contribution in [0.5, 0.6) is 0 Å². The molecule has 2 aliphatic rings. The molecular weight excluding hydrogens is 339 g/mol. The van der Waals surface area contributed by atoms with Crippen LogP contribution in [0.2, 0.25) is 0 Å². The molecule has 9 heteroatoms. The lowest BCUT2D eigenvalue weighted by molar-refractivity contribution is -0.146. The summed E-state index contributed by atoms with van der Waals surface area (Å²) in [4.78, 5) is 29.1. The molecule has 2 fully saturated rings. The lowest BCUT2D eigenvalue weighted by atomic mass is 10.1. The van der Waals surface area contributed by atoms with Crippen LogP contribution < -0.4 is 0 Å². The van der Waals surface area contributed by atoms with Gasteiger partial charge >= 0.3 is 6.18 Å². The molecule has 6 nitrogen and oxygen atoms in total. The minimum Gasteiger partial charge on any atom is -0.378 e. The molecule has 2 saturated heterocycles. The maximum atomic E-state index is 12.6. The molecule has 0 aromatic heterocycles. The van der Waals surface area contributed by atoms with Gasteiger partial charge in [0.05, 0.1) is 19.8 Å². The lowest BCUT2D eigenvalue weighted by Crippen LogP contribution is -2.41. The van der Waals surface area contributed by atoms with Crippen LogP contribution in [-0.4, -0.2) is 91.7 Å². The minimum atomic E-state index is -4.23. The molecule has 0 N–H and O–H groups in total. The maximum Gasteiger partial charge on any atom is 0.401 e. The van der Waals surface area contributed by atoms with Crippen molar-refractivity contribution in [3.63, 3.8) is 0 Å². The van der Waals surface area contributed by atoms with Crippen LogP contribution in [0, 0.1) is 5.92 Å². The number of alkyl halides is 3. The SMILES string of the molecule is CC1CN(CC(F)(F)F)CCN(C(=O)CCC(=O)N2CCOCC2)C1. The van der Waals surface area contributed by atoms with Gasteiger partial charge in [-0.05, 0) is 5.92 Å². The third kappa shape index (κ3) is 6.81. The zero-order chi connectivity index (χ0) is 18.4. The third-order valence-electron chi connectivity index (χ3n) is 4.46. The van der Waals surface area contributed by atoms with Crippen molar-refractivity contribution in [1.29, 1.82) is 0 Å². The number of ether oxygens (including phenoxy) is 1. The molecule has 0 saturated carbocycles. The van der Waals surface area contributed by atoms with Crippen molar-refractivity contribution in [3.8, 4) is 0 Å². The quantitative estimate of drug-likeness (QED) is 0.745. The van der Waals surface area contributed by atoms with Gasteiger partial charge < -0.3 is 14.5 Å². The highest BCUT2D eigenvalue weighted by Crippen LogP contribution is 2.19. The van der Waals surface area contributed by atoms with Crippen LogP contribution in [0.3, 0.4) is 0 Å². The van der Waals surface area contributed by atoms with E-state index in [1.165, 1.54) is 4.90 Å². The van der Waals surface area contributed by atoms with E-state index in [4.69, 9.17) is 4.74 Å². The van der Waals surface area contributed by atoms with E-state index in [-0.39, 0.29) is 43.7 Å². The molecule has 25 heavy (non-hydrogen) atoms. The Hall–Kier alpha value is -1.35. The summed E-state index contributed by atoms with van der Waals surface area (Å²) in [6, 6.07) is 0. The Kier molecular flexibility index (Phi) is 7.06. The number of carbonyl (C=O) groups is 2. The van der Waals surface area contributed by atoms with Gasteiger partial charge in [-0.25, -0.2) is 0 Å². The second-order valence-corrected chi connectivity index (χ2v) is 6.79. The van der Waals surface area contributed by atoms with Gasteiger partial charge in [-0.3, -0.25) is 14.5 Å². The second kappa shape index (κ2) is 8.84. The number of hydrogen-bond acceptors (Lipinski definition) is 4. The molecule has 2 amide bonds. The van der Waals surface area contributed by atoms with Crippen molar-refractivity contribution >= 4 is 11.8 Å². The Bertz CT molecular complexity index is 467. The van der Waals surface area contributed by atoms with E-state index >= 15 is 0 Å². The predicted molar refractivity (Wildman–Crippen MR) is 84.9 cm³/mol. The molecular formula is C16H26F3N3O3. The fourth-order valence-electron chi connectivity index (χ4n) is 3.29. The zero-order valence-corrected chi connectivity index (χ0v) is 14.6. The van der Waals surface area contributed by atoms with E-state index in [0.717, 1.165) is 0 Å². The molecule has 1 unspecified atom stereocenters. The number of rotatable bonds is 4. The first-order valence-corrected chi connectivity index (χ1v) is 8.67.